The van der Waals surface area contributed by atoms with Crippen molar-refractivity contribution in [2.75, 3.05) is 56.9 Å². The van der Waals surface area contributed by atoms with E-state index in [1.54, 1.807) is 42.5 Å². The highest BCUT2D eigenvalue weighted by molar-refractivity contribution is 6.33. The molecule has 0 fully saturated rings. The molecule has 0 saturated heterocycles. The maximum Gasteiger partial charge on any atom is 0.271 e. The molecule has 2 heterocycles. The fraction of sp³-hybridized carbons (Fsp3) is 0.235. The lowest BCUT2D eigenvalue weighted by Crippen LogP contribution is -2.39. The number of carbonyl (C=O) groups is 2. The van der Waals surface area contributed by atoms with Gasteiger partial charge in [-0.15, -0.1) is 0 Å². The van der Waals surface area contributed by atoms with Gasteiger partial charge in [0, 0.05) is 48.9 Å². The topological polar surface area (TPSA) is 128 Å². The smallest absolute Gasteiger partial charge is 0.271 e. The van der Waals surface area contributed by atoms with Gasteiger partial charge in [0.25, 0.3) is 17.4 Å². The van der Waals surface area contributed by atoms with Gasteiger partial charge in [0.1, 0.15) is 11.8 Å². The summed E-state index contributed by atoms with van der Waals surface area (Å²) in [4.78, 5) is 42.5. The second-order valence-electron chi connectivity index (χ2n) is 11.2. The summed E-state index contributed by atoms with van der Waals surface area (Å²) in [6.07, 6.45) is 3.35. The van der Waals surface area contributed by atoms with E-state index in [1.165, 1.54) is 13.3 Å². The number of alkyl halides is 2. The van der Waals surface area contributed by atoms with Gasteiger partial charge in [-0.2, -0.15) is 0 Å². The zero-order valence-electron chi connectivity index (χ0n) is 26.7. The van der Waals surface area contributed by atoms with Crippen LogP contribution in [0.25, 0.3) is 22.2 Å². The number of fused-ring (bicyclic) bond motifs is 1. The number of nitrogens with one attached hydrogen (secondary N) is 4. The Morgan fingerprint density at radius 2 is 1.73 bits per heavy atom. The van der Waals surface area contributed by atoms with Crippen molar-refractivity contribution < 1.29 is 18.7 Å². The number of aromatic amines is 1. The number of halogens is 3. The second kappa shape index (κ2) is 15.3. The fourth-order valence-electron chi connectivity index (χ4n) is 5.08. The number of ether oxygens (including phenoxy) is 1. The average Bonchev–Trinajstić information content (AvgIpc) is 3.51. The Hall–Kier alpha value is -4.91. The largest absolute Gasteiger partial charge is 0.494 e. The number of likely N-dealkylation sites (N-methyl/N-ethyl adjacent to an activating group) is 2. The van der Waals surface area contributed by atoms with Gasteiger partial charge in [-0.3, -0.25) is 9.59 Å². The lowest BCUT2D eigenvalue weighted by molar-refractivity contribution is -0.128. The number of hydrogen-bond acceptors (Lipinski definition) is 8. The molecule has 0 aliphatic rings. The Morgan fingerprint density at radius 1 is 1.00 bits per heavy atom. The predicted molar refractivity (Wildman–Crippen MR) is 189 cm³/mol. The molecule has 4 N–H and O–H groups in total. The zero-order chi connectivity index (χ0) is 34.4. The normalized spacial score (nSPS) is 12.4. The number of amides is 2. The van der Waals surface area contributed by atoms with Gasteiger partial charge in [0.2, 0.25) is 5.95 Å². The molecule has 0 saturated carbocycles. The SMILES string of the molecule is COc1cc(N(C)CCN(C)C)c(NC(=O)[C@@H](NC(=O)C(F)Cl)c2ccccc2)cc1Nc1ncc(Cl)c(-c2c[nH]c3ccccc23)n1. The number of nitrogens with zero attached hydrogens (tertiary/aromatic N) is 4. The summed E-state index contributed by atoms with van der Waals surface area (Å²) in [5.41, 5.74) is 1.82. The highest BCUT2D eigenvalue weighted by Crippen LogP contribution is 2.39. The number of carbonyl (C=O) groups excluding carboxylic acids is 2. The van der Waals surface area contributed by atoms with Crippen molar-refractivity contribution in [1.29, 1.82) is 0 Å². The number of H-pyrrole nitrogens is 1. The summed E-state index contributed by atoms with van der Waals surface area (Å²) >= 11 is 12.0. The maximum absolute atomic E-state index is 13.8. The van der Waals surface area contributed by atoms with Crippen molar-refractivity contribution in [3.8, 4) is 17.0 Å². The van der Waals surface area contributed by atoms with E-state index in [0.717, 1.165) is 23.0 Å². The van der Waals surface area contributed by atoms with Crippen LogP contribution in [0.15, 0.2) is 79.1 Å². The van der Waals surface area contributed by atoms with Crippen LogP contribution in [0.5, 0.6) is 5.75 Å². The van der Waals surface area contributed by atoms with Crippen LogP contribution in [0.1, 0.15) is 11.6 Å². The molecule has 2 aromatic heterocycles. The minimum Gasteiger partial charge on any atom is -0.494 e. The molecule has 0 aliphatic heterocycles. The first-order valence-corrected chi connectivity index (χ1v) is 15.8. The van der Waals surface area contributed by atoms with Crippen LogP contribution in [0.2, 0.25) is 5.02 Å². The Morgan fingerprint density at radius 3 is 2.44 bits per heavy atom. The van der Waals surface area contributed by atoms with Gasteiger partial charge in [-0.1, -0.05) is 71.7 Å². The van der Waals surface area contributed by atoms with Gasteiger partial charge in [0.05, 0.1) is 41.1 Å². The quantitative estimate of drug-likeness (QED) is 0.105. The number of rotatable bonds is 13. The van der Waals surface area contributed by atoms with Crippen molar-refractivity contribution in [2.24, 2.45) is 0 Å². The standard InChI is InChI=1S/C34H35Cl2FN8O3/c1-44(2)14-15-45(3)27-17-28(48-4)26(16-25(27)40-32(46)29(42-33(47)31(36)37)20-10-6-5-7-11-20)41-34-39-19-23(35)30(43-34)22-18-38-24-13-9-8-12-21(22)24/h5-13,16-19,29,31,38H,14-15H2,1-4H3,(H,40,46)(H,42,47)(H,39,41,43)/t29-,31?/m0/s1. The molecule has 5 rings (SSSR count). The van der Waals surface area contributed by atoms with Crippen LogP contribution in [0.3, 0.4) is 0 Å². The molecule has 3 aromatic carbocycles. The molecular formula is C34H35Cl2FN8O3. The minimum atomic E-state index is -2.33. The summed E-state index contributed by atoms with van der Waals surface area (Å²) in [6, 6.07) is 18.5. The lowest BCUT2D eigenvalue weighted by atomic mass is 10.1. The Balaban J connectivity index is 1.54. The first-order valence-electron chi connectivity index (χ1n) is 14.9. The Labute approximate surface area is 287 Å². The number of aromatic nitrogens is 3. The van der Waals surface area contributed by atoms with Crippen molar-refractivity contribution >= 4 is 68.9 Å². The second-order valence-corrected chi connectivity index (χ2v) is 12.0. The van der Waals surface area contributed by atoms with E-state index in [4.69, 9.17) is 32.9 Å². The van der Waals surface area contributed by atoms with E-state index in [1.807, 2.05) is 61.4 Å². The number of benzene rings is 3. The molecule has 14 heteroatoms. The molecule has 11 nitrogen and oxygen atoms in total. The monoisotopic (exact) mass is 692 g/mol. The van der Waals surface area contributed by atoms with Crippen LogP contribution < -0.4 is 25.6 Å². The molecule has 1 unspecified atom stereocenters. The van der Waals surface area contributed by atoms with E-state index >= 15 is 0 Å². The molecule has 5 aromatic rings. The molecule has 48 heavy (non-hydrogen) atoms. The minimum absolute atomic E-state index is 0.231. The van der Waals surface area contributed by atoms with Crippen molar-refractivity contribution in [3.05, 3.63) is 89.7 Å². The Bertz CT molecular complexity index is 1900. The van der Waals surface area contributed by atoms with Crippen LogP contribution in [0, 0.1) is 0 Å². The van der Waals surface area contributed by atoms with Crippen molar-refractivity contribution in [3.63, 3.8) is 0 Å². The summed E-state index contributed by atoms with van der Waals surface area (Å²) in [6.45, 7) is 1.33. The summed E-state index contributed by atoms with van der Waals surface area (Å²) < 4.78 is 19.5. The van der Waals surface area contributed by atoms with E-state index in [0.29, 0.717) is 45.6 Å². The van der Waals surface area contributed by atoms with Crippen molar-refractivity contribution in [2.45, 2.75) is 11.7 Å². The first kappa shape index (κ1) is 34.4. The van der Waals surface area contributed by atoms with E-state index < -0.39 is 23.5 Å². The highest BCUT2D eigenvalue weighted by atomic mass is 35.5. The summed E-state index contributed by atoms with van der Waals surface area (Å²) in [7, 11) is 7.34. The average molecular weight is 694 g/mol. The molecule has 0 aliphatic carbocycles. The fourth-order valence-corrected chi connectivity index (χ4v) is 5.34. The van der Waals surface area contributed by atoms with Crippen LogP contribution in [0.4, 0.5) is 27.4 Å². The maximum atomic E-state index is 13.8. The molecule has 0 radical (unpaired) electrons. The van der Waals surface area contributed by atoms with E-state index in [9.17, 15) is 14.0 Å². The van der Waals surface area contributed by atoms with Crippen molar-refractivity contribution in [1.82, 2.24) is 25.2 Å². The van der Waals surface area contributed by atoms with Gasteiger partial charge in [-0.25, -0.2) is 14.4 Å². The van der Waals surface area contributed by atoms with Gasteiger partial charge >= 0.3 is 0 Å². The Kier molecular flexibility index (Phi) is 11.0. The molecule has 2 atom stereocenters. The molecule has 0 spiro atoms. The molecular weight excluding hydrogens is 658 g/mol. The number of hydrogen-bond donors (Lipinski definition) is 4. The van der Waals surface area contributed by atoms with Gasteiger partial charge in [0.15, 0.2) is 0 Å². The molecule has 250 valence electrons. The third-order valence-corrected chi connectivity index (χ3v) is 8.06. The van der Waals surface area contributed by atoms with Crippen LogP contribution >= 0.6 is 23.2 Å². The lowest BCUT2D eigenvalue weighted by Gasteiger charge is -2.27. The number of anilines is 4. The third-order valence-electron chi connectivity index (χ3n) is 7.58. The zero-order valence-corrected chi connectivity index (χ0v) is 28.2. The molecule has 0 bridgehead atoms. The number of methoxy groups -OCH3 is 1. The highest BCUT2D eigenvalue weighted by Gasteiger charge is 2.27. The molecule has 2 amide bonds. The van der Waals surface area contributed by atoms with Crippen LogP contribution in [-0.2, 0) is 9.59 Å². The van der Waals surface area contributed by atoms with Gasteiger partial charge in [-0.05, 0) is 31.8 Å². The van der Waals surface area contributed by atoms with Crippen LogP contribution in [-0.4, -0.2) is 78.6 Å². The van der Waals surface area contributed by atoms with E-state index in [2.05, 4.69) is 25.9 Å². The first-order chi connectivity index (χ1) is 23.0. The van der Waals surface area contributed by atoms with Gasteiger partial charge < -0.3 is 35.5 Å². The summed E-state index contributed by atoms with van der Waals surface area (Å²) in [5, 5.41) is 9.85. The predicted octanol–water partition coefficient (Wildman–Crippen LogP) is 6.36. The van der Waals surface area contributed by atoms with E-state index in [-0.39, 0.29) is 5.95 Å². The summed E-state index contributed by atoms with van der Waals surface area (Å²) in [5.74, 6) is -1.07. The third kappa shape index (κ3) is 7.96. The number of para-hydroxylation sites is 1.